The van der Waals surface area contributed by atoms with E-state index in [1.807, 2.05) is 88.0 Å². The van der Waals surface area contributed by atoms with Crippen LogP contribution >= 0.6 is 0 Å². The van der Waals surface area contributed by atoms with E-state index in [-0.39, 0.29) is 73.1 Å². The van der Waals surface area contributed by atoms with Gasteiger partial charge in [0.25, 0.3) is 0 Å². The average molecular weight is 1060 g/mol. The fraction of sp³-hybridized carbons (Fsp3) is 0. The number of benzene rings is 10. The van der Waals surface area contributed by atoms with Crippen molar-refractivity contribution < 1.29 is 4.39 Å². The molecule has 83 heavy (non-hydrogen) atoms. The fourth-order valence-corrected chi connectivity index (χ4v) is 11.0. The summed E-state index contributed by atoms with van der Waals surface area (Å²) < 4.78 is 20.7. The van der Waals surface area contributed by atoms with Crippen LogP contribution in [0.4, 0.5) is 27.1 Å². The summed E-state index contributed by atoms with van der Waals surface area (Å²) in [6, 6.07) is 63.2. The molecule has 13 heteroatoms. The molecule has 12 nitrogen and oxygen atoms in total. The van der Waals surface area contributed by atoms with E-state index in [1.54, 1.807) is 60.7 Å². The molecule has 0 radical (unpaired) electrons. The number of halogens is 1. The van der Waals surface area contributed by atoms with Gasteiger partial charge in [-0.25, -0.2) is 23.8 Å². The third-order valence-corrected chi connectivity index (χ3v) is 14.7. The number of nitrogens with zero attached hydrogens (tertiary/aromatic N) is 12. The molecule has 0 aliphatic heterocycles. The smallest absolute Gasteiger partial charge is 0.189 e. The van der Waals surface area contributed by atoms with Gasteiger partial charge in [0, 0.05) is 49.4 Å². The molecule has 2 heterocycles. The Kier molecular flexibility index (Phi) is 12.3. The molecule has 0 unspecified atom stereocenters. The van der Waals surface area contributed by atoms with Crippen LogP contribution in [0.2, 0.25) is 0 Å². The van der Waals surface area contributed by atoms with Crippen molar-refractivity contribution in [1.29, 1.82) is 31.6 Å². The normalized spacial score (nSPS) is 10.6. The highest BCUT2D eigenvalue weighted by Gasteiger charge is 2.25. The summed E-state index contributed by atoms with van der Waals surface area (Å²) in [5, 5.41) is 65.1. The molecular formula is C70H29FN12. The average Bonchev–Trinajstić information content (AvgIpc) is 3.72. The summed E-state index contributed by atoms with van der Waals surface area (Å²) in [5.41, 5.74) is 10.4. The maximum atomic E-state index is 16.9. The molecule has 0 spiro atoms. The van der Waals surface area contributed by atoms with E-state index < -0.39 is 5.82 Å². The first kappa shape index (κ1) is 50.4. The Morgan fingerprint density at radius 2 is 0.614 bits per heavy atom. The monoisotopic (exact) mass is 1060 g/mol. The van der Waals surface area contributed by atoms with Crippen molar-refractivity contribution in [3.8, 4) is 103 Å². The highest BCUT2D eigenvalue weighted by Crippen LogP contribution is 2.45. The van der Waals surface area contributed by atoms with E-state index in [2.05, 4.69) is 49.7 Å². The van der Waals surface area contributed by atoms with Crippen molar-refractivity contribution in [2.45, 2.75) is 0 Å². The molecule has 0 N–H and O–H groups in total. The molecule has 0 atom stereocenters. The van der Waals surface area contributed by atoms with Crippen molar-refractivity contribution in [3.63, 3.8) is 0 Å². The van der Waals surface area contributed by atoms with Gasteiger partial charge in [-0.15, -0.1) is 0 Å². The summed E-state index contributed by atoms with van der Waals surface area (Å²) in [6.45, 7) is 31.4. The summed E-state index contributed by atoms with van der Waals surface area (Å²) in [6.07, 6.45) is 0. The van der Waals surface area contributed by atoms with Gasteiger partial charge in [-0.1, -0.05) is 54.6 Å². The zero-order chi connectivity index (χ0) is 57.6. The molecule has 0 fully saturated rings. The predicted octanol–water partition coefficient (Wildman–Crippen LogP) is 17.8. The Morgan fingerprint density at radius 1 is 0.301 bits per heavy atom. The minimum Gasteiger partial charge on any atom is -0.308 e. The maximum Gasteiger partial charge on any atom is 0.189 e. The number of aromatic nitrogens is 2. The van der Waals surface area contributed by atoms with Crippen molar-refractivity contribution in [2.75, 3.05) is 0 Å². The standard InChI is InChI=1S/C70H29FN12/c1-78-54-19-41(35-73)15-49(24-54)45-6-11-59-60-12-7-46(50-16-42(36-74)20-55(25-50)79-2)29-66(60)82(65(59)28-45)69-32-53(58-10-5-40(34-72)23-64(58)71)33-70(63(69)39-77)83-67-30-47(51-17-43(37-75)21-56(26-51)80-3)8-13-61(67)62-14-9-48(31-68(62)83)52-18-44(38-76)22-57(27-52)81-4/h5-33H. The summed E-state index contributed by atoms with van der Waals surface area (Å²) in [5.74, 6) is -0.716. The largest absolute Gasteiger partial charge is 0.308 e. The molecule has 0 saturated carbocycles. The SMILES string of the molecule is [C-]#[N+]c1cc(C#N)cc(-c2ccc3c4ccc(-c5cc(C#N)cc([N+]#[C-])c5)cc4n(-c4cc(-c5ccc(C#N)cc5F)cc(-n5c6cc(-c7cc(C#N)cc([N+]#[C-])c7)ccc6c6ccc(-c7cc(C#N)cc([N+]#[C-])c7)cc65)c4C#N)c3c2)c1. The van der Waals surface area contributed by atoms with E-state index in [9.17, 15) is 31.6 Å². The molecule has 0 aliphatic carbocycles. The van der Waals surface area contributed by atoms with Crippen LogP contribution in [0.5, 0.6) is 0 Å². The molecule has 376 valence electrons. The Hall–Kier alpha value is -13.4. The topological polar surface area (TPSA) is 170 Å². The van der Waals surface area contributed by atoms with Crippen molar-refractivity contribution in [3.05, 3.63) is 261 Å². The van der Waals surface area contributed by atoms with Gasteiger partial charge in [0.15, 0.2) is 22.7 Å². The van der Waals surface area contributed by atoms with Gasteiger partial charge in [-0.05, 0) is 171 Å². The Bertz CT molecular complexity index is 4680. The van der Waals surface area contributed by atoms with E-state index in [4.69, 9.17) is 26.3 Å². The third kappa shape index (κ3) is 8.65. The van der Waals surface area contributed by atoms with Crippen LogP contribution in [0.15, 0.2) is 176 Å². The second kappa shape index (κ2) is 20.2. The van der Waals surface area contributed by atoms with E-state index >= 15 is 4.39 Å². The second-order valence-electron chi connectivity index (χ2n) is 19.4. The molecule has 12 aromatic rings. The Balaban J connectivity index is 1.26. The van der Waals surface area contributed by atoms with Crippen LogP contribution in [0.3, 0.4) is 0 Å². The lowest BCUT2D eigenvalue weighted by Crippen LogP contribution is -2.06. The number of hydrogen-bond donors (Lipinski definition) is 0. The maximum absolute atomic E-state index is 16.9. The van der Waals surface area contributed by atoms with E-state index in [1.165, 1.54) is 36.4 Å². The lowest BCUT2D eigenvalue weighted by atomic mass is 9.98. The summed E-state index contributed by atoms with van der Waals surface area (Å²) in [4.78, 5) is 14.6. The van der Waals surface area contributed by atoms with Gasteiger partial charge in [0.1, 0.15) is 17.4 Å². The third-order valence-electron chi connectivity index (χ3n) is 14.7. The minimum absolute atomic E-state index is 0.0811. The molecule has 0 saturated heterocycles. The molecule has 0 amide bonds. The second-order valence-corrected chi connectivity index (χ2v) is 19.4. The van der Waals surface area contributed by atoms with Gasteiger partial charge < -0.3 is 9.13 Å². The molecule has 0 aliphatic rings. The minimum atomic E-state index is -0.716. The van der Waals surface area contributed by atoms with Crippen molar-refractivity contribution in [1.82, 2.24) is 9.13 Å². The van der Waals surface area contributed by atoms with E-state index in [0.29, 0.717) is 72.1 Å². The quantitative estimate of drug-likeness (QED) is 0.144. The molecule has 12 rings (SSSR count). The Labute approximate surface area is 473 Å². The number of fused-ring (bicyclic) bond motifs is 6. The molecular weight excluding hydrogens is 1030 g/mol. The first-order chi connectivity index (χ1) is 40.5. The number of hydrogen-bond acceptors (Lipinski definition) is 6. The first-order valence-electron chi connectivity index (χ1n) is 25.2. The van der Waals surface area contributed by atoms with Crippen LogP contribution < -0.4 is 0 Å². The van der Waals surface area contributed by atoms with Gasteiger partial charge in [0.2, 0.25) is 0 Å². The zero-order valence-corrected chi connectivity index (χ0v) is 43.0. The summed E-state index contributed by atoms with van der Waals surface area (Å²) in [7, 11) is 0. The van der Waals surface area contributed by atoms with Gasteiger partial charge in [-0.3, -0.25) is 0 Å². The summed E-state index contributed by atoms with van der Waals surface area (Å²) >= 11 is 0. The van der Waals surface area contributed by atoms with Crippen LogP contribution in [0, 0.1) is 100 Å². The van der Waals surface area contributed by atoms with Crippen LogP contribution in [0.1, 0.15) is 33.4 Å². The predicted molar refractivity (Wildman–Crippen MR) is 316 cm³/mol. The van der Waals surface area contributed by atoms with E-state index in [0.717, 1.165) is 27.6 Å². The van der Waals surface area contributed by atoms with Gasteiger partial charge >= 0.3 is 0 Å². The Morgan fingerprint density at radius 3 is 0.880 bits per heavy atom. The van der Waals surface area contributed by atoms with Crippen LogP contribution in [-0.2, 0) is 0 Å². The molecule has 0 bridgehead atoms. The molecule has 2 aromatic heterocycles. The lowest BCUT2D eigenvalue weighted by molar-refractivity contribution is 0.631. The molecule has 10 aromatic carbocycles. The highest BCUT2D eigenvalue weighted by molar-refractivity contribution is 6.13. The lowest BCUT2D eigenvalue weighted by Gasteiger charge is -2.19. The first-order valence-corrected chi connectivity index (χ1v) is 25.2. The zero-order valence-electron chi connectivity index (χ0n) is 43.0. The van der Waals surface area contributed by atoms with Crippen LogP contribution in [0.25, 0.3) is 130 Å². The van der Waals surface area contributed by atoms with Crippen LogP contribution in [-0.4, -0.2) is 9.13 Å². The van der Waals surface area contributed by atoms with Crippen molar-refractivity contribution in [2.24, 2.45) is 0 Å². The number of nitriles is 6. The number of rotatable bonds is 7. The van der Waals surface area contributed by atoms with Gasteiger partial charge in [-0.2, -0.15) is 31.6 Å². The van der Waals surface area contributed by atoms with Gasteiger partial charge in [0.05, 0.1) is 95.6 Å². The highest BCUT2D eigenvalue weighted by atomic mass is 19.1. The van der Waals surface area contributed by atoms with Crippen molar-refractivity contribution >= 4 is 66.4 Å². The fourth-order valence-electron chi connectivity index (χ4n) is 11.0.